The van der Waals surface area contributed by atoms with Gasteiger partial charge in [-0.2, -0.15) is 0 Å². The summed E-state index contributed by atoms with van der Waals surface area (Å²) < 4.78 is 6.66. The lowest BCUT2D eigenvalue weighted by atomic mass is 10.2. The first-order chi connectivity index (χ1) is 13.5. The van der Waals surface area contributed by atoms with E-state index >= 15 is 0 Å². The first-order valence-electron chi connectivity index (χ1n) is 8.84. The van der Waals surface area contributed by atoms with Gasteiger partial charge in [0.25, 0.3) is 5.91 Å². The Kier molecular flexibility index (Phi) is 5.73. The number of amides is 1. The molecule has 0 radical (unpaired) electrons. The van der Waals surface area contributed by atoms with Gasteiger partial charge >= 0.3 is 0 Å². The lowest BCUT2D eigenvalue weighted by molar-refractivity contribution is 0.102. The Balaban J connectivity index is 1.69. The van der Waals surface area contributed by atoms with Crippen LogP contribution in [0.4, 0.5) is 23.0 Å². The van der Waals surface area contributed by atoms with Crippen LogP contribution in [-0.2, 0) is 7.05 Å². The van der Waals surface area contributed by atoms with E-state index in [1.807, 2.05) is 44.2 Å². The molecule has 0 saturated carbocycles. The average molecular weight is 381 g/mol. The molecule has 1 amide bonds. The zero-order chi connectivity index (χ0) is 20.1. The second-order valence-electron chi connectivity index (χ2n) is 6.10. The van der Waals surface area contributed by atoms with Crippen molar-refractivity contribution in [1.29, 1.82) is 0 Å². The second kappa shape index (κ2) is 8.38. The molecule has 0 fully saturated rings. The molecule has 28 heavy (non-hydrogen) atoms. The minimum absolute atomic E-state index is 0.285. The minimum atomic E-state index is -0.285. The fourth-order valence-electron chi connectivity index (χ4n) is 2.66. The number of ether oxygens (including phenoxy) is 1. The van der Waals surface area contributed by atoms with Crippen molar-refractivity contribution in [3.05, 3.63) is 47.9 Å². The maximum Gasteiger partial charge on any atom is 0.262 e. The molecule has 3 aromatic rings. The lowest BCUT2D eigenvalue weighted by Crippen LogP contribution is -2.12. The predicted octanol–water partition coefficient (Wildman–Crippen LogP) is 2.95. The normalized spacial score (nSPS) is 10.4. The van der Waals surface area contributed by atoms with Gasteiger partial charge in [-0.15, -0.1) is 5.10 Å². The van der Waals surface area contributed by atoms with Gasteiger partial charge in [0.05, 0.1) is 7.11 Å². The fraction of sp³-hybridized carbons (Fsp3) is 0.263. The molecule has 0 bridgehead atoms. The van der Waals surface area contributed by atoms with E-state index in [0.29, 0.717) is 22.9 Å². The highest BCUT2D eigenvalue weighted by Gasteiger charge is 2.16. The number of carbonyl (C=O) groups is 1. The molecule has 3 N–H and O–H groups in total. The summed E-state index contributed by atoms with van der Waals surface area (Å²) in [6.07, 6.45) is 1.61. The molecule has 0 spiro atoms. The number of rotatable bonds is 7. The van der Waals surface area contributed by atoms with Gasteiger partial charge in [-0.05, 0) is 38.1 Å². The van der Waals surface area contributed by atoms with Crippen molar-refractivity contribution in [2.75, 3.05) is 29.6 Å². The van der Waals surface area contributed by atoms with Gasteiger partial charge in [-0.3, -0.25) is 9.48 Å². The lowest BCUT2D eigenvalue weighted by Gasteiger charge is -2.10. The van der Waals surface area contributed by atoms with Gasteiger partial charge < -0.3 is 20.7 Å². The van der Waals surface area contributed by atoms with Gasteiger partial charge in [0.2, 0.25) is 5.88 Å². The largest absolute Gasteiger partial charge is 0.479 e. The number of anilines is 4. The summed E-state index contributed by atoms with van der Waals surface area (Å²) in [5.74, 6) is 2.14. The van der Waals surface area contributed by atoms with Gasteiger partial charge in [0, 0.05) is 37.2 Å². The van der Waals surface area contributed by atoms with E-state index in [2.05, 4.69) is 31.0 Å². The van der Waals surface area contributed by atoms with Crippen LogP contribution in [0.3, 0.4) is 0 Å². The number of hydrogen-bond donors (Lipinski definition) is 3. The van der Waals surface area contributed by atoms with Crippen LogP contribution in [0.2, 0.25) is 0 Å². The Morgan fingerprint density at radius 3 is 2.50 bits per heavy atom. The summed E-state index contributed by atoms with van der Waals surface area (Å²) in [5, 5.41) is 13.3. The van der Waals surface area contributed by atoms with Gasteiger partial charge in [-0.1, -0.05) is 0 Å². The molecule has 2 aromatic heterocycles. The summed E-state index contributed by atoms with van der Waals surface area (Å²) in [6.45, 7) is 4.64. The van der Waals surface area contributed by atoms with Crippen LogP contribution < -0.4 is 20.7 Å². The summed E-state index contributed by atoms with van der Waals surface area (Å²) in [7, 11) is 3.21. The highest BCUT2D eigenvalue weighted by molar-refractivity contribution is 6.05. The molecular formula is C19H23N7O2. The Hall–Kier alpha value is -3.62. The van der Waals surface area contributed by atoms with Crippen molar-refractivity contribution in [3.8, 4) is 5.88 Å². The molecule has 0 aliphatic rings. The van der Waals surface area contributed by atoms with Crippen molar-refractivity contribution < 1.29 is 9.53 Å². The fourth-order valence-corrected chi connectivity index (χ4v) is 2.66. The number of aryl methyl sites for hydroxylation is 2. The third-order valence-corrected chi connectivity index (χ3v) is 3.84. The molecule has 146 valence electrons. The molecule has 2 heterocycles. The molecule has 0 atom stereocenters. The van der Waals surface area contributed by atoms with Gasteiger partial charge in [0.15, 0.2) is 0 Å². The van der Waals surface area contributed by atoms with Crippen LogP contribution >= 0.6 is 0 Å². The minimum Gasteiger partial charge on any atom is -0.479 e. The quantitative estimate of drug-likeness (QED) is 0.578. The first kappa shape index (κ1) is 19.2. The van der Waals surface area contributed by atoms with E-state index in [4.69, 9.17) is 4.74 Å². The van der Waals surface area contributed by atoms with Crippen LogP contribution in [0.15, 0.2) is 36.5 Å². The SMILES string of the molecule is CCNc1cc(Nc2ccc(NC(=O)c3cn(C)nc3OC)cc2)nc(C)n1. The number of benzene rings is 1. The summed E-state index contributed by atoms with van der Waals surface area (Å²) in [6, 6.07) is 9.19. The summed E-state index contributed by atoms with van der Waals surface area (Å²) in [5.41, 5.74) is 1.88. The average Bonchev–Trinajstić information content (AvgIpc) is 3.04. The van der Waals surface area contributed by atoms with Crippen molar-refractivity contribution in [1.82, 2.24) is 19.7 Å². The molecule has 9 nitrogen and oxygen atoms in total. The van der Waals surface area contributed by atoms with Crippen LogP contribution in [0.25, 0.3) is 0 Å². The molecule has 0 saturated heterocycles. The molecule has 0 aliphatic heterocycles. The number of aromatic nitrogens is 4. The van der Waals surface area contributed by atoms with E-state index in [1.165, 1.54) is 11.8 Å². The third-order valence-electron chi connectivity index (χ3n) is 3.84. The molecular weight excluding hydrogens is 358 g/mol. The van der Waals surface area contributed by atoms with E-state index in [1.54, 1.807) is 13.2 Å². The molecule has 0 aliphatic carbocycles. The summed E-state index contributed by atoms with van der Waals surface area (Å²) >= 11 is 0. The van der Waals surface area contributed by atoms with E-state index in [-0.39, 0.29) is 11.8 Å². The maximum atomic E-state index is 12.4. The smallest absolute Gasteiger partial charge is 0.262 e. The number of hydrogen-bond acceptors (Lipinski definition) is 7. The van der Waals surface area contributed by atoms with E-state index in [0.717, 1.165) is 18.1 Å². The Labute approximate surface area is 163 Å². The Morgan fingerprint density at radius 2 is 1.82 bits per heavy atom. The van der Waals surface area contributed by atoms with Gasteiger partial charge in [-0.25, -0.2) is 9.97 Å². The highest BCUT2D eigenvalue weighted by atomic mass is 16.5. The van der Waals surface area contributed by atoms with Gasteiger partial charge in [0.1, 0.15) is 23.0 Å². The van der Waals surface area contributed by atoms with Crippen molar-refractivity contribution in [3.63, 3.8) is 0 Å². The number of methoxy groups -OCH3 is 1. The second-order valence-corrected chi connectivity index (χ2v) is 6.10. The Morgan fingerprint density at radius 1 is 1.14 bits per heavy atom. The van der Waals surface area contributed by atoms with E-state index in [9.17, 15) is 4.79 Å². The molecule has 9 heteroatoms. The zero-order valence-corrected chi connectivity index (χ0v) is 16.3. The van der Waals surface area contributed by atoms with Crippen molar-refractivity contribution in [2.24, 2.45) is 7.05 Å². The highest BCUT2D eigenvalue weighted by Crippen LogP contribution is 2.21. The predicted molar refractivity (Wildman–Crippen MR) is 108 cm³/mol. The Bertz CT molecular complexity index is 967. The summed E-state index contributed by atoms with van der Waals surface area (Å²) in [4.78, 5) is 21.2. The van der Waals surface area contributed by atoms with Crippen molar-refractivity contribution in [2.45, 2.75) is 13.8 Å². The van der Waals surface area contributed by atoms with Crippen LogP contribution in [-0.4, -0.2) is 39.3 Å². The topological polar surface area (TPSA) is 106 Å². The van der Waals surface area contributed by atoms with Crippen LogP contribution in [0.5, 0.6) is 5.88 Å². The molecule has 3 rings (SSSR count). The van der Waals surface area contributed by atoms with Crippen LogP contribution in [0, 0.1) is 6.92 Å². The van der Waals surface area contributed by atoms with E-state index < -0.39 is 0 Å². The number of carbonyl (C=O) groups excluding carboxylic acids is 1. The molecule has 1 aromatic carbocycles. The van der Waals surface area contributed by atoms with Crippen molar-refractivity contribution >= 4 is 28.9 Å². The molecule has 0 unspecified atom stereocenters. The number of nitrogens with one attached hydrogen (secondary N) is 3. The van der Waals surface area contributed by atoms with Crippen LogP contribution in [0.1, 0.15) is 23.1 Å². The third kappa shape index (κ3) is 4.56. The maximum absolute atomic E-state index is 12.4. The standard InChI is InChI=1S/C19H23N7O2/c1-5-20-16-10-17(22-12(2)21-16)23-13-6-8-14(9-7-13)24-18(27)15-11-26(3)25-19(15)28-4/h6-11H,5H2,1-4H3,(H,24,27)(H2,20,21,22,23). The zero-order valence-electron chi connectivity index (χ0n) is 16.3. The monoisotopic (exact) mass is 381 g/mol. The first-order valence-corrected chi connectivity index (χ1v) is 8.84. The number of nitrogens with zero attached hydrogens (tertiary/aromatic N) is 4.